The van der Waals surface area contributed by atoms with Crippen LogP contribution in [0.2, 0.25) is 0 Å². The van der Waals surface area contributed by atoms with Crippen molar-refractivity contribution in [2.75, 3.05) is 0 Å². The maximum absolute atomic E-state index is 12.9. The molecule has 0 aliphatic heterocycles. The predicted octanol–water partition coefficient (Wildman–Crippen LogP) is 4.73. The molecule has 0 amide bonds. The van der Waals surface area contributed by atoms with Crippen molar-refractivity contribution < 1.29 is 22.0 Å². The molecule has 0 radical (unpaired) electrons. The fraction of sp³-hybridized carbons (Fsp3) is 0.455. The van der Waals surface area contributed by atoms with Crippen LogP contribution >= 0.6 is 11.6 Å². The number of halogens is 6. The molecule has 1 atom stereocenters. The van der Waals surface area contributed by atoms with Gasteiger partial charge in [-0.2, -0.15) is 22.0 Å². The van der Waals surface area contributed by atoms with Gasteiger partial charge in [0.15, 0.2) is 0 Å². The van der Waals surface area contributed by atoms with E-state index in [4.69, 9.17) is 11.6 Å². The van der Waals surface area contributed by atoms with Crippen LogP contribution in [0.15, 0.2) is 24.3 Å². The summed E-state index contributed by atoms with van der Waals surface area (Å²) in [5, 5.41) is -2.41. The fourth-order valence-electron chi connectivity index (χ4n) is 1.28. The first-order valence-electron chi connectivity index (χ1n) is 4.87. The van der Waals surface area contributed by atoms with Crippen LogP contribution in [0.1, 0.15) is 23.4 Å². The highest BCUT2D eigenvalue weighted by molar-refractivity contribution is 6.21. The first-order chi connectivity index (χ1) is 7.70. The van der Waals surface area contributed by atoms with Crippen LogP contribution < -0.4 is 0 Å². The molecule has 0 spiro atoms. The van der Waals surface area contributed by atoms with Crippen LogP contribution in [-0.2, 0) is 6.42 Å². The molecule has 0 N–H and O–H groups in total. The van der Waals surface area contributed by atoms with Crippen LogP contribution in [0.3, 0.4) is 0 Å². The predicted molar refractivity (Wildman–Crippen MR) is 55.4 cm³/mol. The summed E-state index contributed by atoms with van der Waals surface area (Å²) in [4.78, 5) is 0. The Labute approximate surface area is 100 Å². The molecule has 0 fully saturated rings. The van der Waals surface area contributed by atoms with Gasteiger partial charge in [-0.25, -0.2) is 0 Å². The van der Waals surface area contributed by atoms with Crippen molar-refractivity contribution in [3.8, 4) is 0 Å². The first kappa shape index (κ1) is 14.2. The van der Waals surface area contributed by atoms with Gasteiger partial charge in [-0.05, 0) is 17.5 Å². The number of aryl methyl sites for hydroxylation is 1. The molecule has 0 heterocycles. The van der Waals surface area contributed by atoms with Crippen molar-refractivity contribution in [3.63, 3.8) is 0 Å². The van der Waals surface area contributed by atoms with Gasteiger partial charge in [0.05, 0.1) is 0 Å². The van der Waals surface area contributed by atoms with Crippen molar-refractivity contribution >= 4 is 11.6 Å². The Kier molecular flexibility index (Phi) is 4.02. The highest BCUT2D eigenvalue weighted by atomic mass is 35.5. The van der Waals surface area contributed by atoms with Gasteiger partial charge in [-0.15, -0.1) is 11.6 Å². The van der Waals surface area contributed by atoms with E-state index in [0.717, 1.165) is 5.56 Å². The molecule has 17 heavy (non-hydrogen) atoms. The normalized spacial score (nSPS) is 14.8. The monoisotopic (exact) mass is 272 g/mol. The molecule has 0 bridgehead atoms. The zero-order chi connectivity index (χ0) is 13.3. The van der Waals surface area contributed by atoms with E-state index < -0.39 is 17.5 Å². The van der Waals surface area contributed by atoms with E-state index >= 15 is 0 Å². The molecule has 96 valence electrons. The minimum atomic E-state index is -5.65. The summed E-state index contributed by atoms with van der Waals surface area (Å²) in [6.07, 6.45) is -4.98. The summed E-state index contributed by atoms with van der Waals surface area (Å²) >= 11 is 5.21. The molecule has 6 heteroatoms. The molecular formula is C11H10ClF5. The van der Waals surface area contributed by atoms with E-state index in [0.29, 0.717) is 6.42 Å². The Hall–Kier alpha value is -0.840. The zero-order valence-electron chi connectivity index (χ0n) is 8.86. The van der Waals surface area contributed by atoms with Gasteiger partial charge in [0.1, 0.15) is 5.38 Å². The van der Waals surface area contributed by atoms with Gasteiger partial charge in [-0.1, -0.05) is 31.2 Å². The lowest BCUT2D eigenvalue weighted by Crippen LogP contribution is -2.40. The molecule has 0 aliphatic rings. The molecule has 0 saturated carbocycles. The molecule has 1 aromatic rings. The third-order valence-corrected chi connectivity index (χ3v) is 2.90. The highest BCUT2D eigenvalue weighted by Gasteiger charge is 2.62. The van der Waals surface area contributed by atoms with Crippen molar-refractivity contribution in [3.05, 3.63) is 35.4 Å². The summed E-state index contributed by atoms with van der Waals surface area (Å²) in [5.41, 5.74) is 0.596. The van der Waals surface area contributed by atoms with Crippen LogP contribution in [0.25, 0.3) is 0 Å². The first-order valence-corrected chi connectivity index (χ1v) is 5.31. The minimum Gasteiger partial charge on any atom is -0.194 e. The maximum Gasteiger partial charge on any atom is 0.455 e. The lowest BCUT2D eigenvalue weighted by atomic mass is 10.0. The summed E-state index contributed by atoms with van der Waals surface area (Å²) in [7, 11) is 0. The Morgan fingerprint density at radius 3 is 1.88 bits per heavy atom. The number of hydrogen-bond acceptors (Lipinski definition) is 0. The van der Waals surface area contributed by atoms with Crippen LogP contribution in [-0.4, -0.2) is 12.1 Å². The smallest absolute Gasteiger partial charge is 0.194 e. The molecule has 0 nitrogen and oxygen atoms in total. The SMILES string of the molecule is CCc1ccc(C(Cl)C(F)(F)C(F)(F)F)cc1. The van der Waals surface area contributed by atoms with E-state index in [-0.39, 0.29) is 5.56 Å². The number of alkyl halides is 6. The number of rotatable bonds is 3. The van der Waals surface area contributed by atoms with Gasteiger partial charge in [0.25, 0.3) is 0 Å². The van der Waals surface area contributed by atoms with Gasteiger partial charge in [-0.3, -0.25) is 0 Å². The zero-order valence-corrected chi connectivity index (χ0v) is 9.62. The van der Waals surface area contributed by atoms with Gasteiger partial charge < -0.3 is 0 Å². The topological polar surface area (TPSA) is 0 Å². The lowest BCUT2D eigenvalue weighted by Gasteiger charge is -2.24. The highest BCUT2D eigenvalue weighted by Crippen LogP contribution is 2.47. The van der Waals surface area contributed by atoms with Crippen molar-refractivity contribution in [2.45, 2.75) is 30.8 Å². The number of benzene rings is 1. The third kappa shape index (κ3) is 2.89. The van der Waals surface area contributed by atoms with Crippen molar-refractivity contribution in [2.24, 2.45) is 0 Å². The molecule has 0 aliphatic carbocycles. The second-order valence-corrected chi connectivity index (χ2v) is 4.01. The average Bonchev–Trinajstić information content (AvgIpc) is 2.26. The maximum atomic E-state index is 12.9. The second kappa shape index (κ2) is 4.80. The summed E-state index contributed by atoms with van der Waals surface area (Å²) < 4.78 is 62.1. The van der Waals surface area contributed by atoms with E-state index in [1.165, 1.54) is 24.3 Å². The van der Waals surface area contributed by atoms with E-state index in [2.05, 4.69) is 0 Å². The summed E-state index contributed by atoms with van der Waals surface area (Å²) in [6.45, 7) is 1.84. The molecule has 0 aromatic heterocycles. The fourth-order valence-corrected chi connectivity index (χ4v) is 1.54. The number of hydrogen-bond donors (Lipinski definition) is 0. The molecule has 0 saturated heterocycles. The Balaban J connectivity index is 2.99. The minimum absolute atomic E-state index is 0.244. The Morgan fingerprint density at radius 2 is 1.53 bits per heavy atom. The van der Waals surface area contributed by atoms with Crippen LogP contribution in [0, 0.1) is 0 Å². The second-order valence-electron chi connectivity index (χ2n) is 3.58. The average molecular weight is 273 g/mol. The van der Waals surface area contributed by atoms with E-state index in [1.807, 2.05) is 6.92 Å². The van der Waals surface area contributed by atoms with Crippen LogP contribution in [0.5, 0.6) is 0 Å². The van der Waals surface area contributed by atoms with Gasteiger partial charge in [0.2, 0.25) is 0 Å². The summed E-state index contributed by atoms with van der Waals surface area (Å²) in [5.74, 6) is -4.94. The molecule has 1 unspecified atom stereocenters. The summed E-state index contributed by atoms with van der Waals surface area (Å²) in [6, 6.07) is 5.35. The molecule has 1 rings (SSSR count). The van der Waals surface area contributed by atoms with Gasteiger partial charge in [0, 0.05) is 0 Å². The molecular weight excluding hydrogens is 263 g/mol. The van der Waals surface area contributed by atoms with Crippen molar-refractivity contribution in [1.29, 1.82) is 0 Å². The van der Waals surface area contributed by atoms with Gasteiger partial charge >= 0.3 is 12.1 Å². The van der Waals surface area contributed by atoms with E-state index in [9.17, 15) is 22.0 Å². The quantitative estimate of drug-likeness (QED) is 0.551. The Bertz CT molecular complexity index is 368. The largest absolute Gasteiger partial charge is 0.455 e. The van der Waals surface area contributed by atoms with Crippen LogP contribution in [0.4, 0.5) is 22.0 Å². The molecule has 1 aromatic carbocycles. The van der Waals surface area contributed by atoms with Crippen molar-refractivity contribution in [1.82, 2.24) is 0 Å². The third-order valence-electron chi connectivity index (χ3n) is 2.38. The Morgan fingerprint density at radius 1 is 1.06 bits per heavy atom. The lowest BCUT2D eigenvalue weighted by molar-refractivity contribution is -0.283. The van der Waals surface area contributed by atoms with E-state index in [1.54, 1.807) is 0 Å². The standard InChI is InChI=1S/C11H10ClF5/c1-2-7-3-5-8(6-4-7)9(12)10(13,14)11(15,16)17/h3-6,9H,2H2,1H3.